The molecule has 100 valence electrons. The van der Waals surface area contributed by atoms with Crippen molar-refractivity contribution < 1.29 is 4.79 Å². The number of rotatable bonds is 3. The first-order valence-corrected chi connectivity index (χ1v) is 6.73. The molecule has 19 heavy (non-hydrogen) atoms. The van der Waals surface area contributed by atoms with Crippen LogP contribution >= 0.6 is 0 Å². The molecule has 0 N–H and O–H groups in total. The number of fused-ring (bicyclic) bond motifs is 1. The highest BCUT2D eigenvalue weighted by Crippen LogP contribution is 2.21. The Morgan fingerprint density at radius 3 is 2.74 bits per heavy atom. The normalized spacial score (nSPS) is 17.0. The van der Waals surface area contributed by atoms with E-state index in [9.17, 15) is 4.79 Å². The van der Waals surface area contributed by atoms with Gasteiger partial charge in [-0.3, -0.25) is 9.20 Å². The molecule has 0 unspecified atom stereocenters. The molecule has 0 radical (unpaired) electrons. The topological polar surface area (TPSA) is 40.9 Å². The molecule has 1 aliphatic heterocycles. The number of likely N-dealkylation sites (N-methyl/N-ethyl adjacent to an activating group) is 1. The van der Waals surface area contributed by atoms with Gasteiger partial charge in [-0.15, -0.1) is 0 Å². The van der Waals surface area contributed by atoms with Crippen molar-refractivity contribution >= 4 is 17.8 Å². The van der Waals surface area contributed by atoms with Crippen LogP contribution in [-0.2, 0) is 0 Å². The standard InChI is InChI=1S/C14H18N4O/c1-2-16-7-9-17(10-8-16)14-12(11-19)18-6-4-3-5-13(18)15-14/h3-6,11H,2,7-10H2,1H3. The number of hydrogen-bond donors (Lipinski definition) is 0. The van der Waals surface area contributed by atoms with Crippen LogP contribution in [0.25, 0.3) is 5.65 Å². The van der Waals surface area contributed by atoms with Gasteiger partial charge in [-0.25, -0.2) is 4.98 Å². The number of nitrogens with zero attached hydrogens (tertiary/aromatic N) is 4. The SMILES string of the molecule is CCN1CCN(c2nc3ccccn3c2C=O)CC1. The van der Waals surface area contributed by atoms with Gasteiger partial charge < -0.3 is 9.80 Å². The van der Waals surface area contributed by atoms with Crippen molar-refractivity contribution in [2.75, 3.05) is 37.6 Å². The Morgan fingerprint density at radius 1 is 1.26 bits per heavy atom. The van der Waals surface area contributed by atoms with Crippen molar-refractivity contribution in [3.05, 3.63) is 30.1 Å². The van der Waals surface area contributed by atoms with Gasteiger partial charge in [-0.2, -0.15) is 0 Å². The van der Waals surface area contributed by atoms with Gasteiger partial charge >= 0.3 is 0 Å². The predicted octanol–water partition coefficient (Wildman–Crippen LogP) is 1.29. The maximum atomic E-state index is 11.4. The Bertz CT molecular complexity index is 584. The van der Waals surface area contributed by atoms with Crippen molar-refractivity contribution in [1.82, 2.24) is 14.3 Å². The number of hydrogen-bond acceptors (Lipinski definition) is 4. The lowest BCUT2D eigenvalue weighted by Gasteiger charge is -2.34. The zero-order valence-electron chi connectivity index (χ0n) is 11.1. The first-order chi connectivity index (χ1) is 9.33. The van der Waals surface area contributed by atoms with Gasteiger partial charge in [0, 0.05) is 32.4 Å². The van der Waals surface area contributed by atoms with Crippen LogP contribution in [0.15, 0.2) is 24.4 Å². The molecule has 0 amide bonds. The molecule has 2 aromatic heterocycles. The second kappa shape index (κ2) is 5.01. The lowest BCUT2D eigenvalue weighted by Crippen LogP contribution is -2.46. The molecule has 1 aliphatic rings. The summed E-state index contributed by atoms with van der Waals surface area (Å²) >= 11 is 0. The molecular formula is C14H18N4O. The quantitative estimate of drug-likeness (QED) is 0.778. The Balaban J connectivity index is 1.94. The van der Waals surface area contributed by atoms with E-state index in [0.29, 0.717) is 5.69 Å². The molecule has 2 aromatic rings. The smallest absolute Gasteiger partial charge is 0.170 e. The second-order valence-electron chi connectivity index (χ2n) is 4.79. The fourth-order valence-electron chi connectivity index (χ4n) is 2.62. The third-order valence-corrected chi connectivity index (χ3v) is 3.78. The van der Waals surface area contributed by atoms with Crippen LogP contribution in [0.2, 0.25) is 0 Å². The summed E-state index contributed by atoms with van der Waals surface area (Å²) < 4.78 is 1.86. The molecule has 5 heteroatoms. The first-order valence-electron chi connectivity index (χ1n) is 6.73. The molecule has 3 heterocycles. The number of piperazine rings is 1. The van der Waals surface area contributed by atoms with Gasteiger partial charge in [0.2, 0.25) is 0 Å². The Kier molecular flexibility index (Phi) is 3.21. The van der Waals surface area contributed by atoms with Gasteiger partial charge in [0.25, 0.3) is 0 Å². The van der Waals surface area contributed by atoms with Crippen LogP contribution < -0.4 is 4.90 Å². The van der Waals surface area contributed by atoms with Gasteiger partial charge in [-0.05, 0) is 18.7 Å². The minimum absolute atomic E-state index is 0.653. The van der Waals surface area contributed by atoms with E-state index in [1.54, 1.807) is 0 Å². The fraction of sp³-hybridized carbons (Fsp3) is 0.429. The van der Waals surface area contributed by atoms with Crippen molar-refractivity contribution in [3.63, 3.8) is 0 Å². The van der Waals surface area contributed by atoms with Crippen LogP contribution in [0, 0.1) is 0 Å². The van der Waals surface area contributed by atoms with Crippen LogP contribution in [0.4, 0.5) is 5.82 Å². The summed E-state index contributed by atoms with van der Waals surface area (Å²) in [5, 5.41) is 0. The second-order valence-corrected chi connectivity index (χ2v) is 4.79. The molecular weight excluding hydrogens is 240 g/mol. The van der Waals surface area contributed by atoms with Gasteiger partial charge in [0.05, 0.1) is 0 Å². The molecule has 0 spiro atoms. The number of carbonyl (C=O) groups excluding carboxylic acids is 1. The third kappa shape index (κ3) is 2.10. The fourth-order valence-corrected chi connectivity index (χ4v) is 2.62. The number of carbonyl (C=O) groups is 1. The summed E-state index contributed by atoms with van der Waals surface area (Å²) in [7, 11) is 0. The Labute approximate surface area is 112 Å². The summed E-state index contributed by atoms with van der Waals surface area (Å²) in [6, 6.07) is 5.79. The lowest BCUT2D eigenvalue weighted by molar-refractivity contribution is 0.111. The van der Waals surface area contributed by atoms with E-state index in [0.717, 1.165) is 50.5 Å². The van der Waals surface area contributed by atoms with E-state index < -0.39 is 0 Å². The van der Waals surface area contributed by atoms with E-state index in [-0.39, 0.29) is 0 Å². The summed E-state index contributed by atoms with van der Waals surface area (Å²) in [6.07, 6.45) is 2.79. The molecule has 0 aliphatic carbocycles. The molecule has 0 bridgehead atoms. The molecule has 1 fully saturated rings. The van der Waals surface area contributed by atoms with Crippen LogP contribution in [0.3, 0.4) is 0 Å². The minimum Gasteiger partial charge on any atom is -0.352 e. The molecule has 0 saturated carbocycles. The number of aldehydes is 1. The summed E-state index contributed by atoms with van der Waals surface area (Å²) in [5.41, 5.74) is 1.48. The molecule has 5 nitrogen and oxygen atoms in total. The number of aromatic nitrogens is 2. The van der Waals surface area contributed by atoms with Crippen LogP contribution in [0.5, 0.6) is 0 Å². The van der Waals surface area contributed by atoms with Crippen LogP contribution in [-0.4, -0.2) is 53.3 Å². The summed E-state index contributed by atoms with van der Waals surface area (Å²) in [5.74, 6) is 0.817. The van der Waals surface area contributed by atoms with Crippen molar-refractivity contribution in [3.8, 4) is 0 Å². The number of anilines is 1. The highest BCUT2D eigenvalue weighted by Gasteiger charge is 2.21. The highest BCUT2D eigenvalue weighted by molar-refractivity contribution is 5.83. The number of pyridine rings is 1. The predicted molar refractivity (Wildman–Crippen MR) is 74.9 cm³/mol. The highest BCUT2D eigenvalue weighted by atomic mass is 16.1. The zero-order chi connectivity index (χ0) is 13.2. The summed E-state index contributed by atoms with van der Waals surface area (Å²) in [6.45, 7) is 7.18. The van der Waals surface area contributed by atoms with E-state index in [4.69, 9.17) is 0 Å². The van der Waals surface area contributed by atoms with Gasteiger partial charge in [0.1, 0.15) is 11.3 Å². The average Bonchev–Trinajstić information content (AvgIpc) is 2.85. The van der Waals surface area contributed by atoms with Crippen molar-refractivity contribution in [1.29, 1.82) is 0 Å². The van der Waals surface area contributed by atoms with Crippen molar-refractivity contribution in [2.24, 2.45) is 0 Å². The first kappa shape index (κ1) is 12.2. The van der Waals surface area contributed by atoms with E-state index in [2.05, 4.69) is 21.7 Å². The van der Waals surface area contributed by atoms with E-state index in [1.807, 2.05) is 28.8 Å². The Morgan fingerprint density at radius 2 is 2.05 bits per heavy atom. The monoisotopic (exact) mass is 258 g/mol. The Hall–Kier alpha value is -1.88. The third-order valence-electron chi connectivity index (χ3n) is 3.78. The zero-order valence-corrected chi connectivity index (χ0v) is 11.1. The average molecular weight is 258 g/mol. The molecule has 0 atom stereocenters. The van der Waals surface area contributed by atoms with E-state index in [1.165, 1.54) is 0 Å². The summed E-state index contributed by atoms with van der Waals surface area (Å²) in [4.78, 5) is 20.6. The maximum Gasteiger partial charge on any atom is 0.170 e. The lowest BCUT2D eigenvalue weighted by atomic mass is 10.3. The largest absolute Gasteiger partial charge is 0.352 e. The van der Waals surface area contributed by atoms with E-state index >= 15 is 0 Å². The minimum atomic E-state index is 0.653. The maximum absolute atomic E-state index is 11.4. The van der Waals surface area contributed by atoms with Crippen molar-refractivity contribution in [2.45, 2.75) is 6.92 Å². The molecule has 3 rings (SSSR count). The molecule has 1 saturated heterocycles. The van der Waals surface area contributed by atoms with Crippen LogP contribution in [0.1, 0.15) is 17.4 Å². The van der Waals surface area contributed by atoms with Gasteiger partial charge in [0.15, 0.2) is 12.1 Å². The molecule has 0 aromatic carbocycles. The van der Waals surface area contributed by atoms with Gasteiger partial charge in [-0.1, -0.05) is 13.0 Å². The number of imidazole rings is 1.